The van der Waals surface area contributed by atoms with Crippen molar-refractivity contribution in [3.63, 3.8) is 0 Å². The number of hydrogen-bond acceptors (Lipinski definition) is 2. The van der Waals surface area contributed by atoms with Gasteiger partial charge in [-0.1, -0.05) is 36.4 Å². The second-order valence-electron chi connectivity index (χ2n) is 4.14. The van der Waals surface area contributed by atoms with Gasteiger partial charge in [0.05, 0.1) is 6.61 Å². The Morgan fingerprint density at radius 2 is 1.78 bits per heavy atom. The Morgan fingerprint density at radius 1 is 1.06 bits per heavy atom. The summed E-state index contributed by atoms with van der Waals surface area (Å²) >= 11 is 0. The molecule has 0 fully saturated rings. The van der Waals surface area contributed by atoms with Crippen molar-refractivity contribution in [3.05, 3.63) is 65.7 Å². The quantitative estimate of drug-likeness (QED) is 0.879. The van der Waals surface area contributed by atoms with Crippen LogP contribution in [0.3, 0.4) is 0 Å². The number of hydrogen-bond donors (Lipinski definition) is 1. The van der Waals surface area contributed by atoms with E-state index in [1.165, 1.54) is 0 Å². The molecule has 0 radical (unpaired) electrons. The van der Waals surface area contributed by atoms with Crippen molar-refractivity contribution < 1.29 is 9.84 Å². The summed E-state index contributed by atoms with van der Waals surface area (Å²) in [7, 11) is 0. The van der Waals surface area contributed by atoms with Gasteiger partial charge in [0.15, 0.2) is 0 Å². The number of para-hydroxylation sites is 1. The van der Waals surface area contributed by atoms with Gasteiger partial charge in [-0.3, -0.25) is 0 Å². The van der Waals surface area contributed by atoms with E-state index in [1.807, 2.05) is 67.6 Å². The maximum atomic E-state index is 9.00. The predicted octanol–water partition coefficient (Wildman–Crippen LogP) is 3.87. The molecule has 2 nitrogen and oxygen atoms in total. The molecular formula is C16H16O2. The zero-order valence-corrected chi connectivity index (χ0v) is 10.3. The molecule has 0 atom stereocenters. The standard InChI is InChI=1S/C16H16O2/c1-13(12-17)10-14-6-5-9-16(11-14)18-15-7-3-2-4-8-15/h2-11,17H,12H2,1H3/b13-10+. The van der Waals surface area contributed by atoms with Crippen molar-refractivity contribution in [3.8, 4) is 11.5 Å². The van der Waals surface area contributed by atoms with Crippen molar-refractivity contribution >= 4 is 6.08 Å². The molecule has 0 spiro atoms. The minimum Gasteiger partial charge on any atom is -0.457 e. The molecule has 0 saturated heterocycles. The number of benzene rings is 2. The first kappa shape index (κ1) is 12.4. The highest BCUT2D eigenvalue weighted by atomic mass is 16.5. The molecule has 0 amide bonds. The maximum absolute atomic E-state index is 9.00. The lowest BCUT2D eigenvalue weighted by molar-refractivity contribution is 0.332. The largest absolute Gasteiger partial charge is 0.457 e. The van der Waals surface area contributed by atoms with Crippen LogP contribution >= 0.6 is 0 Å². The molecule has 0 bridgehead atoms. The first-order valence-corrected chi connectivity index (χ1v) is 5.89. The number of ether oxygens (including phenoxy) is 1. The maximum Gasteiger partial charge on any atom is 0.128 e. The van der Waals surface area contributed by atoms with E-state index in [2.05, 4.69) is 0 Å². The van der Waals surface area contributed by atoms with Gasteiger partial charge in [-0.05, 0) is 42.3 Å². The van der Waals surface area contributed by atoms with Crippen molar-refractivity contribution in [2.45, 2.75) is 6.92 Å². The lowest BCUT2D eigenvalue weighted by atomic mass is 10.1. The Balaban J connectivity index is 2.18. The Hall–Kier alpha value is -2.06. The third kappa shape index (κ3) is 3.47. The monoisotopic (exact) mass is 240 g/mol. The minimum absolute atomic E-state index is 0.0732. The van der Waals surface area contributed by atoms with Gasteiger partial charge in [-0.25, -0.2) is 0 Å². The molecule has 2 aromatic rings. The van der Waals surface area contributed by atoms with Gasteiger partial charge >= 0.3 is 0 Å². The molecule has 2 aromatic carbocycles. The van der Waals surface area contributed by atoms with Gasteiger partial charge in [0, 0.05) is 0 Å². The summed E-state index contributed by atoms with van der Waals surface area (Å²) in [4.78, 5) is 0. The zero-order chi connectivity index (χ0) is 12.8. The minimum atomic E-state index is 0.0732. The summed E-state index contributed by atoms with van der Waals surface area (Å²) in [5.41, 5.74) is 1.95. The Labute approximate surface area is 107 Å². The molecular weight excluding hydrogens is 224 g/mol. The van der Waals surface area contributed by atoms with Crippen molar-refractivity contribution in [1.29, 1.82) is 0 Å². The van der Waals surface area contributed by atoms with Gasteiger partial charge in [0.2, 0.25) is 0 Å². The van der Waals surface area contributed by atoms with E-state index < -0.39 is 0 Å². The number of aliphatic hydroxyl groups excluding tert-OH is 1. The van der Waals surface area contributed by atoms with E-state index in [1.54, 1.807) is 0 Å². The van der Waals surface area contributed by atoms with Crippen LogP contribution in [0.25, 0.3) is 6.08 Å². The molecule has 0 aliphatic heterocycles. The van der Waals surface area contributed by atoms with Crippen molar-refractivity contribution in [1.82, 2.24) is 0 Å². The van der Waals surface area contributed by atoms with E-state index in [0.29, 0.717) is 0 Å². The average Bonchev–Trinajstić information content (AvgIpc) is 2.40. The fourth-order valence-electron chi connectivity index (χ4n) is 1.62. The average molecular weight is 240 g/mol. The predicted molar refractivity (Wildman–Crippen MR) is 73.7 cm³/mol. The van der Waals surface area contributed by atoms with E-state index in [9.17, 15) is 0 Å². The summed E-state index contributed by atoms with van der Waals surface area (Å²) in [5, 5.41) is 9.00. The van der Waals surface area contributed by atoms with Crippen molar-refractivity contribution in [2.75, 3.05) is 6.61 Å². The van der Waals surface area contributed by atoms with Gasteiger partial charge in [0.25, 0.3) is 0 Å². The molecule has 2 heteroatoms. The normalized spacial score (nSPS) is 11.3. The summed E-state index contributed by atoms with van der Waals surface area (Å²) in [6, 6.07) is 17.5. The fraction of sp³-hybridized carbons (Fsp3) is 0.125. The Bertz CT molecular complexity index is 530. The van der Waals surface area contributed by atoms with Gasteiger partial charge in [-0.15, -0.1) is 0 Å². The van der Waals surface area contributed by atoms with Crippen LogP contribution in [0.1, 0.15) is 12.5 Å². The van der Waals surface area contributed by atoms with Gasteiger partial charge in [-0.2, -0.15) is 0 Å². The van der Waals surface area contributed by atoms with Crippen LogP contribution in [-0.2, 0) is 0 Å². The molecule has 0 aromatic heterocycles. The number of rotatable bonds is 4. The van der Waals surface area contributed by atoms with Crippen LogP contribution in [0.2, 0.25) is 0 Å². The molecule has 0 unspecified atom stereocenters. The molecule has 0 aliphatic carbocycles. The van der Waals surface area contributed by atoms with E-state index >= 15 is 0 Å². The summed E-state index contributed by atoms with van der Waals surface area (Å²) in [5.74, 6) is 1.61. The van der Waals surface area contributed by atoms with Crippen molar-refractivity contribution in [2.24, 2.45) is 0 Å². The van der Waals surface area contributed by atoms with E-state index in [0.717, 1.165) is 22.6 Å². The summed E-state index contributed by atoms with van der Waals surface area (Å²) in [6.45, 7) is 1.97. The van der Waals surface area contributed by atoms with Crippen LogP contribution in [0.5, 0.6) is 11.5 Å². The van der Waals surface area contributed by atoms with Crippen LogP contribution in [-0.4, -0.2) is 11.7 Å². The molecule has 92 valence electrons. The third-order valence-corrected chi connectivity index (χ3v) is 2.50. The molecule has 18 heavy (non-hydrogen) atoms. The Morgan fingerprint density at radius 3 is 2.50 bits per heavy atom. The van der Waals surface area contributed by atoms with E-state index in [4.69, 9.17) is 9.84 Å². The molecule has 2 rings (SSSR count). The lowest BCUT2D eigenvalue weighted by Gasteiger charge is -2.06. The second kappa shape index (κ2) is 6.03. The fourth-order valence-corrected chi connectivity index (χ4v) is 1.62. The van der Waals surface area contributed by atoms with Crippen LogP contribution in [0.15, 0.2) is 60.2 Å². The first-order chi connectivity index (χ1) is 8.78. The first-order valence-electron chi connectivity index (χ1n) is 5.89. The summed E-state index contributed by atoms with van der Waals surface area (Å²) in [6.07, 6.45) is 1.94. The van der Waals surface area contributed by atoms with Crippen LogP contribution < -0.4 is 4.74 Å². The summed E-state index contributed by atoms with van der Waals surface area (Å²) < 4.78 is 5.74. The zero-order valence-electron chi connectivity index (χ0n) is 10.3. The Kier molecular flexibility index (Phi) is 4.15. The highest BCUT2D eigenvalue weighted by molar-refractivity contribution is 5.54. The highest BCUT2D eigenvalue weighted by Gasteiger charge is 1.97. The van der Waals surface area contributed by atoms with E-state index in [-0.39, 0.29) is 6.61 Å². The van der Waals surface area contributed by atoms with Gasteiger partial charge in [0.1, 0.15) is 11.5 Å². The molecule has 0 aliphatic rings. The second-order valence-corrected chi connectivity index (χ2v) is 4.14. The molecule has 1 N–H and O–H groups in total. The van der Waals surface area contributed by atoms with Crippen LogP contribution in [0, 0.1) is 0 Å². The highest BCUT2D eigenvalue weighted by Crippen LogP contribution is 2.22. The topological polar surface area (TPSA) is 29.5 Å². The van der Waals surface area contributed by atoms with Gasteiger partial charge < -0.3 is 9.84 Å². The third-order valence-electron chi connectivity index (χ3n) is 2.50. The lowest BCUT2D eigenvalue weighted by Crippen LogP contribution is -1.86. The SMILES string of the molecule is C/C(=C\c1cccc(Oc2ccccc2)c1)CO. The number of aliphatic hydroxyl groups is 1. The smallest absolute Gasteiger partial charge is 0.128 e. The van der Waals surface area contributed by atoms with Crippen LogP contribution in [0.4, 0.5) is 0 Å². The molecule has 0 heterocycles. The molecule has 0 saturated carbocycles.